The summed E-state index contributed by atoms with van der Waals surface area (Å²) in [6.07, 6.45) is 1.78. The first-order valence-corrected chi connectivity index (χ1v) is 5.77. The molecule has 1 N–H and O–H groups in total. The van der Waals surface area contributed by atoms with Crippen molar-refractivity contribution in [3.8, 4) is 0 Å². The van der Waals surface area contributed by atoms with Crippen LogP contribution >= 0.6 is 0 Å². The fraction of sp³-hybridized carbons (Fsp3) is 0.917. The molecule has 88 valence electrons. The molecule has 3 heteroatoms. The molecule has 0 saturated carbocycles. The Bertz CT molecular complexity index is 222. The number of esters is 1. The van der Waals surface area contributed by atoms with E-state index in [2.05, 4.69) is 19.2 Å². The highest BCUT2D eigenvalue weighted by Crippen LogP contribution is 2.23. The van der Waals surface area contributed by atoms with Gasteiger partial charge >= 0.3 is 5.97 Å². The first-order valence-electron chi connectivity index (χ1n) is 5.77. The minimum Gasteiger partial charge on any atom is -0.460 e. The van der Waals surface area contributed by atoms with Crippen molar-refractivity contribution >= 4 is 5.97 Å². The molecular weight excluding hydrogens is 190 g/mol. The second kappa shape index (κ2) is 4.52. The van der Waals surface area contributed by atoms with E-state index in [-0.39, 0.29) is 17.5 Å². The van der Waals surface area contributed by atoms with E-state index >= 15 is 0 Å². The van der Waals surface area contributed by atoms with Crippen molar-refractivity contribution < 1.29 is 9.53 Å². The summed E-state index contributed by atoms with van der Waals surface area (Å²) in [4.78, 5) is 11.9. The standard InChI is InChI=1S/C12H23NO2/c1-8-6-10(7-9(2)13-8)11(14)15-12(3,4)5/h8-10,13H,6-7H2,1-5H3/t8-,9-/m0/s1. The Hall–Kier alpha value is -0.570. The highest BCUT2D eigenvalue weighted by Gasteiger charge is 2.31. The maximum atomic E-state index is 11.9. The lowest BCUT2D eigenvalue weighted by Gasteiger charge is -2.33. The van der Waals surface area contributed by atoms with Gasteiger partial charge in [-0.1, -0.05) is 0 Å². The van der Waals surface area contributed by atoms with Crippen molar-refractivity contribution in [1.82, 2.24) is 5.32 Å². The molecule has 15 heavy (non-hydrogen) atoms. The number of ether oxygens (including phenoxy) is 1. The molecular formula is C12H23NO2. The first-order chi connectivity index (χ1) is 6.78. The van der Waals surface area contributed by atoms with Crippen LogP contribution in [-0.2, 0) is 9.53 Å². The minimum absolute atomic E-state index is 0.0392. The van der Waals surface area contributed by atoms with Crippen LogP contribution in [0.25, 0.3) is 0 Å². The molecule has 0 spiro atoms. The molecule has 1 rings (SSSR count). The highest BCUT2D eigenvalue weighted by atomic mass is 16.6. The number of nitrogens with one attached hydrogen (secondary N) is 1. The summed E-state index contributed by atoms with van der Waals surface area (Å²) in [5.41, 5.74) is -0.367. The Kier molecular flexibility index (Phi) is 3.77. The van der Waals surface area contributed by atoms with Crippen molar-refractivity contribution in [2.24, 2.45) is 5.92 Å². The Morgan fingerprint density at radius 2 is 1.67 bits per heavy atom. The molecule has 1 fully saturated rings. The van der Waals surface area contributed by atoms with Gasteiger partial charge in [0.15, 0.2) is 0 Å². The van der Waals surface area contributed by atoms with Gasteiger partial charge in [0.2, 0.25) is 0 Å². The minimum atomic E-state index is -0.367. The number of carbonyl (C=O) groups is 1. The van der Waals surface area contributed by atoms with E-state index in [1.165, 1.54) is 0 Å². The molecule has 1 aliphatic rings. The summed E-state index contributed by atoms with van der Waals surface area (Å²) < 4.78 is 5.41. The Morgan fingerprint density at radius 3 is 2.07 bits per heavy atom. The molecule has 1 aliphatic heterocycles. The fourth-order valence-corrected chi connectivity index (χ4v) is 2.15. The summed E-state index contributed by atoms with van der Waals surface area (Å²) in [5, 5.41) is 3.42. The van der Waals surface area contributed by atoms with E-state index in [4.69, 9.17) is 4.74 Å². The van der Waals surface area contributed by atoms with Crippen molar-refractivity contribution in [1.29, 1.82) is 0 Å². The van der Waals surface area contributed by atoms with E-state index in [0.29, 0.717) is 12.1 Å². The normalized spacial score (nSPS) is 32.5. The second-order valence-corrected chi connectivity index (χ2v) is 5.67. The maximum absolute atomic E-state index is 11.9. The Balaban J connectivity index is 2.52. The molecule has 2 atom stereocenters. The van der Waals surface area contributed by atoms with Gasteiger partial charge in [-0.2, -0.15) is 0 Å². The van der Waals surface area contributed by atoms with Crippen LogP contribution in [0.5, 0.6) is 0 Å². The second-order valence-electron chi connectivity index (χ2n) is 5.67. The molecule has 1 heterocycles. The Labute approximate surface area is 92.6 Å². The largest absolute Gasteiger partial charge is 0.460 e. The molecule has 0 amide bonds. The number of hydrogen-bond acceptors (Lipinski definition) is 3. The van der Waals surface area contributed by atoms with Crippen LogP contribution in [-0.4, -0.2) is 23.7 Å². The molecule has 3 nitrogen and oxygen atoms in total. The number of piperidine rings is 1. The van der Waals surface area contributed by atoms with Crippen LogP contribution in [0, 0.1) is 5.92 Å². The molecule has 0 unspecified atom stereocenters. The summed E-state index contributed by atoms with van der Waals surface area (Å²) in [6, 6.07) is 0.817. The zero-order valence-electron chi connectivity index (χ0n) is 10.5. The molecule has 0 aromatic heterocycles. The van der Waals surface area contributed by atoms with Crippen LogP contribution in [0.1, 0.15) is 47.5 Å². The van der Waals surface area contributed by atoms with E-state index in [1.807, 2.05) is 20.8 Å². The van der Waals surface area contributed by atoms with Crippen LogP contribution in [0.4, 0.5) is 0 Å². The van der Waals surface area contributed by atoms with Crippen molar-refractivity contribution in [3.63, 3.8) is 0 Å². The van der Waals surface area contributed by atoms with Gasteiger partial charge in [0, 0.05) is 12.1 Å². The van der Waals surface area contributed by atoms with E-state index in [9.17, 15) is 4.79 Å². The number of carbonyl (C=O) groups excluding carboxylic acids is 1. The third-order valence-electron chi connectivity index (χ3n) is 2.59. The van der Waals surface area contributed by atoms with Gasteiger partial charge in [-0.3, -0.25) is 4.79 Å². The average molecular weight is 213 g/mol. The highest BCUT2D eigenvalue weighted by molar-refractivity contribution is 5.73. The van der Waals surface area contributed by atoms with Gasteiger partial charge in [-0.15, -0.1) is 0 Å². The van der Waals surface area contributed by atoms with Crippen LogP contribution in [0.2, 0.25) is 0 Å². The summed E-state index contributed by atoms with van der Waals surface area (Å²) >= 11 is 0. The third kappa shape index (κ3) is 4.20. The summed E-state index contributed by atoms with van der Waals surface area (Å²) in [5.74, 6) is 0.0261. The predicted molar refractivity (Wildman–Crippen MR) is 60.6 cm³/mol. The van der Waals surface area contributed by atoms with Crippen LogP contribution in [0.3, 0.4) is 0 Å². The van der Waals surface area contributed by atoms with Gasteiger partial charge in [-0.05, 0) is 47.5 Å². The van der Waals surface area contributed by atoms with Crippen molar-refractivity contribution in [2.75, 3.05) is 0 Å². The summed E-state index contributed by atoms with van der Waals surface area (Å²) in [7, 11) is 0. The maximum Gasteiger partial charge on any atom is 0.309 e. The smallest absolute Gasteiger partial charge is 0.309 e. The predicted octanol–water partition coefficient (Wildman–Crippen LogP) is 2.10. The van der Waals surface area contributed by atoms with Crippen molar-refractivity contribution in [2.45, 2.75) is 65.1 Å². The lowest BCUT2D eigenvalue weighted by Crippen LogP contribution is -2.45. The van der Waals surface area contributed by atoms with Gasteiger partial charge in [0.05, 0.1) is 5.92 Å². The van der Waals surface area contributed by atoms with Gasteiger partial charge < -0.3 is 10.1 Å². The monoisotopic (exact) mass is 213 g/mol. The fourth-order valence-electron chi connectivity index (χ4n) is 2.15. The van der Waals surface area contributed by atoms with E-state index in [1.54, 1.807) is 0 Å². The molecule has 0 aliphatic carbocycles. The number of rotatable bonds is 1. The number of hydrogen-bond donors (Lipinski definition) is 1. The third-order valence-corrected chi connectivity index (χ3v) is 2.59. The molecule has 1 saturated heterocycles. The van der Waals surface area contributed by atoms with Gasteiger partial charge in [0.1, 0.15) is 5.60 Å². The quantitative estimate of drug-likeness (QED) is 0.678. The zero-order valence-corrected chi connectivity index (χ0v) is 10.5. The molecule has 0 radical (unpaired) electrons. The zero-order chi connectivity index (χ0) is 11.6. The van der Waals surface area contributed by atoms with Crippen LogP contribution in [0.15, 0.2) is 0 Å². The SMILES string of the molecule is C[C@H]1CC(C(=O)OC(C)(C)C)C[C@H](C)N1. The van der Waals surface area contributed by atoms with Crippen molar-refractivity contribution in [3.05, 3.63) is 0 Å². The van der Waals surface area contributed by atoms with Crippen LogP contribution < -0.4 is 5.32 Å². The lowest BCUT2D eigenvalue weighted by atomic mass is 9.89. The molecule has 0 aromatic rings. The van der Waals surface area contributed by atoms with E-state index < -0.39 is 0 Å². The topological polar surface area (TPSA) is 38.3 Å². The Morgan fingerprint density at radius 1 is 1.20 bits per heavy atom. The first kappa shape index (κ1) is 12.5. The summed E-state index contributed by atoms with van der Waals surface area (Å²) in [6.45, 7) is 9.98. The van der Waals surface area contributed by atoms with E-state index in [0.717, 1.165) is 12.8 Å². The average Bonchev–Trinajstić information content (AvgIpc) is 1.98. The van der Waals surface area contributed by atoms with Gasteiger partial charge in [-0.25, -0.2) is 0 Å². The molecule has 0 bridgehead atoms. The lowest BCUT2D eigenvalue weighted by molar-refractivity contribution is -0.161. The molecule has 0 aromatic carbocycles. The van der Waals surface area contributed by atoms with Gasteiger partial charge in [0.25, 0.3) is 0 Å².